The number of hydrogen-bond acceptors (Lipinski definition) is 2. The molecule has 18 heavy (non-hydrogen) atoms. The topological polar surface area (TPSA) is 21.3 Å². The maximum Gasteiger partial charge on any atom is 0.0580 e. The van der Waals surface area contributed by atoms with Crippen LogP contribution in [0.25, 0.3) is 0 Å². The van der Waals surface area contributed by atoms with Crippen LogP contribution >= 0.6 is 0 Å². The summed E-state index contributed by atoms with van der Waals surface area (Å²) in [6, 6.07) is 0.700. The molecule has 2 atom stereocenters. The van der Waals surface area contributed by atoms with Gasteiger partial charge in [0, 0.05) is 12.6 Å². The van der Waals surface area contributed by atoms with Gasteiger partial charge >= 0.3 is 0 Å². The predicted molar refractivity (Wildman–Crippen MR) is 78.8 cm³/mol. The molecule has 1 fully saturated rings. The van der Waals surface area contributed by atoms with E-state index in [1.165, 1.54) is 32.1 Å². The molecule has 0 amide bonds. The molecule has 1 saturated carbocycles. The van der Waals surface area contributed by atoms with Gasteiger partial charge in [-0.15, -0.1) is 0 Å². The molecule has 0 aromatic carbocycles. The molecular formula is C16H33NO. The standard InChI is InChI=1S/C16H33NO/c1-6-18-16-10-14(11-16)9-15(17-5)8-13(4)7-12(2)3/h12-17H,6-11H2,1-5H3. The molecule has 0 bridgehead atoms. The van der Waals surface area contributed by atoms with E-state index >= 15 is 0 Å². The maximum absolute atomic E-state index is 5.64. The molecule has 108 valence electrons. The molecule has 0 spiro atoms. The Morgan fingerprint density at radius 3 is 2.33 bits per heavy atom. The molecule has 1 N–H and O–H groups in total. The predicted octanol–water partition coefficient (Wildman–Crippen LogP) is 3.85. The Labute approximate surface area is 114 Å². The highest BCUT2D eigenvalue weighted by atomic mass is 16.5. The lowest BCUT2D eigenvalue weighted by atomic mass is 9.76. The minimum absolute atomic E-state index is 0.561. The largest absolute Gasteiger partial charge is 0.378 e. The first-order valence-electron chi connectivity index (χ1n) is 7.83. The van der Waals surface area contributed by atoms with E-state index < -0.39 is 0 Å². The van der Waals surface area contributed by atoms with Crippen LogP contribution in [0, 0.1) is 17.8 Å². The summed E-state index contributed by atoms with van der Waals surface area (Å²) in [5.74, 6) is 2.55. The molecular weight excluding hydrogens is 222 g/mol. The molecule has 1 aliphatic carbocycles. The van der Waals surface area contributed by atoms with Crippen molar-refractivity contribution in [3.8, 4) is 0 Å². The lowest BCUT2D eigenvalue weighted by molar-refractivity contribution is -0.0294. The van der Waals surface area contributed by atoms with Crippen molar-refractivity contribution in [1.82, 2.24) is 5.32 Å². The minimum Gasteiger partial charge on any atom is -0.378 e. The lowest BCUT2D eigenvalue weighted by Crippen LogP contribution is -2.37. The maximum atomic E-state index is 5.64. The van der Waals surface area contributed by atoms with Crippen LogP contribution in [0.3, 0.4) is 0 Å². The third-order valence-corrected chi connectivity index (χ3v) is 4.18. The van der Waals surface area contributed by atoms with Gasteiger partial charge in [0.05, 0.1) is 6.10 Å². The molecule has 0 aromatic heterocycles. The fourth-order valence-corrected chi connectivity index (χ4v) is 3.36. The fourth-order valence-electron chi connectivity index (χ4n) is 3.36. The monoisotopic (exact) mass is 255 g/mol. The minimum atomic E-state index is 0.561. The Hall–Kier alpha value is -0.0800. The van der Waals surface area contributed by atoms with Crippen molar-refractivity contribution in [3.63, 3.8) is 0 Å². The zero-order valence-electron chi connectivity index (χ0n) is 13.0. The van der Waals surface area contributed by atoms with E-state index in [-0.39, 0.29) is 0 Å². The molecule has 1 rings (SSSR count). The van der Waals surface area contributed by atoms with Gasteiger partial charge < -0.3 is 10.1 Å². The van der Waals surface area contributed by atoms with Gasteiger partial charge in [-0.2, -0.15) is 0 Å². The average Bonchev–Trinajstić information content (AvgIpc) is 2.23. The zero-order valence-corrected chi connectivity index (χ0v) is 13.0. The van der Waals surface area contributed by atoms with Gasteiger partial charge in [0.1, 0.15) is 0 Å². The summed E-state index contributed by atoms with van der Waals surface area (Å²) in [5.41, 5.74) is 0. The van der Waals surface area contributed by atoms with E-state index in [1.54, 1.807) is 0 Å². The Morgan fingerprint density at radius 1 is 1.17 bits per heavy atom. The molecule has 2 heteroatoms. The van der Waals surface area contributed by atoms with Crippen molar-refractivity contribution < 1.29 is 4.74 Å². The van der Waals surface area contributed by atoms with E-state index in [1.807, 2.05) is 0 Å². The van der Waals surface area contributed by atoms with Crippen LogP contribution in [0.4, 0.5) is 0 Å². The first-order chi connectivity index (χ1) is 8.55. The van der Waals surface area contributed by atoms with Gasteiger partial charge in [0.15, 0.2) is 0 Å². The van der Waals surface area contributed by atoms with E-state index in [9.17, 15) is 0 Å². The number of ether oxygens (including phenoxy) is 1. The SMILES string of the molecule is CCOC1CC(CC(CC(C)CC(C)C)NC)C1. The van der Waals surface area contributed by atoms with Gasteiger partial charge in [-0.1, -0.05) is 20.8 Å². The van der Waals surface area contributed by atoms with Crippen molar-refractivity contribution in [2.75, 3.05) is 13.7 Å². The van der Waals surface area contributed by atoms with Crippen LogP contribution in [0.2, 0.25) is 0 Å². The summed E-state index contributed by atoms with van der Waals surface area (Å²) < 4.78 is 5.64. The Bertz CT molecular complexity index is 211. The van der Waals surface area contributed by atoms with Gasteiger partial charge in [-0.05, 0) is 63.8 Å². The normalized spacial score (nSPS) is 27.0. The summed E-state index contributed by atoms with van der Waals surface area (Å²) in [7, 11) is 2.12. The van der Waals surface area contributed by atoms with Crippen LogP contribution in [0.15, 0.2) is 0 Å². The first kappa shape index (κ1) is 16.0. The van der Waals surface area contributed by atoms with Gasteiger partial charge in [-0.25, -0.2) is 0 Å². The van der Waals surface area contributed by atoms with E-state index in [2.05, 4.69) is 40.1 Å². The highest BCUT2D eigenvalue weighted by Gasteiger charge is 2.31. The van der Waals surface area contributed by atoms with Crippen LogP contribution in [0.1, 0.15) is 59.8 Å². The molecule has 1 aliphatic rings. The highest BCUT2D eigenvalue weighted by Crippen LogP contribution is 2.34. The first-order valence-corrected chi connectivity index (χ1v) is 7.83. The van der Waals surface area contributed by atoms with Crippen molar-refractivity contribution in [2.45, 2.75) is 71.9 Å². The van der Waals surface area contributed by atoms with Gasteiger partial charge in [0.25, 0.3) is 0 Å². The highest BCUT2D eigenvalue weighted by molar-refractivity contribution is 4.84. The summed E-state index contributed by atoms with van der Waals surface area (Å²) in [5, 5.41) is 3.51. The van der Waals surface area contributed by atoms with E-state index in [0.717, 1.165) is 24.4 Å². The number of rotatable bonds is 9. The van der Waals surface area contributed by atoms with Gasteiger partial charge in [0.2, 0.25) is 0 Å². The van der Waals surface area contributed by atoms with Crippen LogP contribution in [0.5, 0.6) is 0 Å². The quantitative estimate of drug-likeness (QED) is 0.675. The second-order valence-corrected chi connectivity index (χ2v) is 6.61. The number of nitrogens with one attached hydrogen (secondary N) is 1. The molecule has 2 unspecified atom stereocenters. The fraction of sp³-hybridized carbons (Fsp3) is 1.00. The van der Waals surface area contributed by atoms with E-state index in [0.29, 0.717) is 12.1 Å². The molecule has 0 saturated heterocycles. The Morgan fingerprint density at radius 2 is 1.83 bits per heavy atom. The zero-order chi connectivity index (χ0) is 13.5. The second-order valence-electron chi connectivity index (χ2n) is 6.61. The average molecular weight is 255 g/mol. The smallest absolute Gasteiger partial charge is 0.0580 e. The molecule has 0 radical (unpaired) electrons. The van der Waals surface area contributed by atoms with Gasteiger partial charge in [-0.3, -0.25) is 0 Å². The van der Waals surface area contributed by atoms with Crippen LogP contribution < -0.4 is 5.32 Å². The Kier molecular flexibility index (Phi) is 7.25. The summed E-state index contributed by atoms with van der Waals surface area (Å²) in [6.07, 6.45) is 7.14. The van der Waals surface area contributed by atoms with Crippen LogP contribution in [-0.2, 0) is 4.74 Å². The van der Waals surface area contributed by atoms with Crippen LogP contribution in [-0.4, -0.2) is 25.8 Å². The van der Waals surface area contributed by atoms with E-state index in [4.69, 9.17) is 4.74 Å². The second kappa shape index (κ2) is 8.16. The summed E-state index contributed by atoms with van der Waals surface area (Å²) >= 11 is 0. The Balaban J connectivity index is 2.18. The van der Waals surface area contributed by atoms with Crippen molar-refractivity contribution in [3.05, 3.63) is 0 Å². The van der Waals surface area contributed by atoms with Crippen molar-refractivity contribution in [1.29, 1.82) is 0 Å². The third-order valence-electron chi connectivity index (χ3n) is 4.18. The molecule has 0 aliphatic heterocycles. The van der Waals surface area contributed by atoms with Crippen molar-refractivity contribution in [2.24, 2.45) is 17.8 Å². The van der Waals surface area contributed by atoms with Crippen molar-refractivity contribution >= 4 is 0 Å². The summed E-state index contributed by atoms with van der Waals surface area (Å²) in [4.78, 5) is 0. The molecule has 2 nitrogen and oxygen atoms in total. The molecule has 0 aromatic rings. The lowest BCUT2D eigenvalue weighted by Gasteiger charge is -2.37. The summed E-state index contributed by atoms with van der Waals surface area (Å²) in [6.45, 7) is 10.0. The number of hydrogen-bond donors (Lipinski definition) is 1. The third kappa shape index (κ3) is 5.71. The molecule has 0 heterocycles.